The van der Waals surface area contributed by atoms with Crippen LogP contribution in [0.25, 0.3) is 0 Å². The van der Waals surface area contributed by atoms with Crippen molar-refractivity contribution >= 4 is 5.97 Å². The van der Waals surface area contributed by atoms with Crippen molar-refractivity contribution < 1.29 is 13.9 Å². The quantitative estimate of drug-likeness (QED) is 0.815. The second-order valence-electron chi connectivity index (χ2n) is 5.39. The highest BCUT2D eigenvalue weighted by Crippen LogP contribution is 2.29. The molecule has 19 heavy (non-hydrogen) atoms. The van der Waals surface area contributed by atoms with Gasteiger partial charge in [-0.25, -0.2) is 4.79 Å². The van der Waals surface area contributed by atoms with E-state index in [0.29, 0.717) is 18.2 Å². The summed E-state index contributed by atoms with van der Waals surface area (Å²) >= 11 is 0. The molecular formula is C14H20N2O3. The zero-order valence-corrected chi connectivity index (χ0v) is 11.2. The molecule has 1 aromatic heterocycles. The number of methoxy groups -OCH3 is 1. The van der Waals surface area contributed by atoms with Crippen molar-refractivity contribution in [2.45, 2.75) is 37.9 Å². The third-order valence-corrected chi connectivity index (χ3v) is 3.92. The first-order chi connectivity index (χ1) is 9.26. The number of nitrogens with one attached hydrogen (secondary N) is 1. The van der Waals surface area contributed by atoms with Gasteiger partial charge in [0.25, 0.3) is 0 Å². The van der Waals surface area contributed by atoms with Gasteiger partial charge in [0.15, 0.2) is 0 Å². The Morgan fingerprint density at radius 2 is 2.37 bits per heavy atom. The molecule has 1 aliphatic carbocycles. The fraction of sp³-hybridized carbons (Fsp3) is 0.643. The van der Waals surface area contributed by atoms with Gasteiger partial charge in [0.05, 0.1) is 19.2 Å². The Labute approximate surface area is 112 Å². The lowest BCUT2D eigenvalue weighted by atomic mass is 10.2. The Bertz CT molecular complexity index is 453. The molecule has 0 radical (unpaired) electrons. The molecule has 0 spiro atoms. The average molecular weight is 264 g/mol. The van der Waals surface area contributed by atoms with E-state index in [4.69, 9.17) is 4.42 Å². The molecule has 1 aliphatic heterocycles. The van der Waals surface area contributed by atoms with Gasteiger partial charge < -0.3 is 14.5 Å². The van der Waals surface area contributed by atoms with E-state index in [1.54, 1.807) is 6.07 Å². The first kappa shape index (κ1) is 12.7. The lowest BCUT2D eigenvalue weighted by Gasteiger charge is -2.15. The van der Waals surface area contributed by atoms with Crippen molar-refractivity contribution in [2.75, 3.05) is 20.2 Å². The fourth-order valence-corrected chi connectivity index (χ4v) is 2.67. The van der Waals surface area contributed by atoms with Crippen LogP contribution in [0, 0.1) is 0 Å². The van der Waals surface area contributed by atoms with Crippen LogP contribution in [0.2, 0.25) is 0 Å². The van der Waals surface area contributed by atoms with Crippen LogP contribution in [-0.2, 0) is 11.3 Å². The third kappa shape index (κ3) is 2.98. The summed E-state index contributed by atoms with van der Waals surface area (Å²) in [5.74, 6) is 0.432. The van der Waals surface area contributed by atoms with Crippen LogP contribution in [0.1, 0.15) is 35.4 Å². The van der Waals surface area contributed by atoms with E-state index >= 15 is 0 Å². The lowest BCUT2D eigenvalue weighted by molar-refractivity contribution is 0.0600. The molecule has 5 nitrogen and oxygen atoms in total. The van der Waals surface area contributed by atoms with E-state index in [0.717, 1.165) is 18.3 Å². The van der Waals surface area contributed by atoms with Gasteiger partial charge in [-0.3, -0.25) is 4.90 Å². The van der Waals surface area contributed by atoms with Gasteiger partial charge in [-0.15, -0.1) is 0 Å². The predicted octanol–water partition coefficient (Wildman–Crippen LogP) is 1.39. The number of furan rings is 1. The van der Waals surface area contributed by atoms with Gasteiger partial charge in [-0.1, -0.05) is 0 Å². The molecule has 0 amide bonds. The molecule has 1 saturated heterocycles. The predicted molar refractivity (Wildman–Crippen MR) is 69.9 cm³/mol. The highest BCUT2D eigenvalue weighted by atomic mass is 16.5. The fourth-order valence-electron chi connectivity index (χ4n) is 2.67. The Morgan fingerprint density at radius 1 is 1.53 bits per heavy atom. The van der Waals surface area contributed by atoms with Crippen LogP contribution >= 0.6 is 0 Å². The van der Waals surface area contributed by atoms with E-state index in [2.05, 4.69) is 15.0 Å². The van der Waals surface area contributed by atoms with Gasteiger partial charge in [0, 0.05) is 25.2 Å². The largest absolute Gasteiger partial charge is 0.467 e. The molecule has 0 aromatic carbocycles. The van der Waals surface area contributed by atoms with Crippen molar-refractivity contribution in [1.82, 2.24) is 10.2 Å². The summed E-state index contributed by atoms with van der Waals surface area (Å²) in [7, 11) is 1.37. The number of carbonyl (C=O) groups excluding carboxylic acids is 1. The van der Waals surface area contributed by atoms with Crippen LogP contribution in [0.5, 0.6) is 0 Å². The van der Waals surface area contributed by atoms with Gasteiger partial charge in [-0.05, 0) is 25.3 Å². The molecule has 2 heterocycles. The minimum Gasteiger partial charge on any atom is -0.467 e. The Balaban J connectivity index is 1.47. The molecule has 3 rings (SSSR count). The SMILES string of the molecule is COC(=O)c1coc(CNC2CCN(C3CC3)C2)c1. The standard InChI is InChI=1S/C14H20N2O3/c1-18-14(17)10-6-13(19-9-10)7-15-11-4-5-16(8-11)12-2-3-12/h6,9,11-12,15H,2-5,7-8H2,1H3. The van der Waals surface area contributed by atoms with Crippen LogP contribution in [0.4, 0.5) is 0 Å². The highest BCUT2D eigenvalue weighted by Gasteiger charge is 2.34. The van der Waals surface area contributed by atoms with Gasteiger partial charge in [0.1, 0.15) is 12.0 Å². The number of nitrogens with zero attached hydrogens (tertiary/aromatic N) is 1. The summed E-state index contributed by atoms with van der Waals surface area (Å²) in [5, 5.41) is 3.49. The smallest absolute Gasteiger partial charge is 0.341 e. The second kappa shape index (κ2) is 5.35. The highest BCUT2D eigenvalue weighted by molar-refractivity contribution is 5.88. The second-order valence-corrected chi connectivity index (χ2v) is 5.39. The van der Waals surface area contributed by atoms with E-state index in [1.807, 2.05) is 0 Å². The van der Waals surface area contributed by atoms with Crippen molar-refractivity contribution in [3.05, 3.63) is 23.7 Å². The summed E-state index contributed by atoms with van der Waals surface area (Å²) in [6.45, 7) is 3.00. The number of carbonyl (C=O) groups is 1. The van der Waals surface area contributed by atoms with Crippen LogP contribution < -0.4 is 5.32 Å². The van der Waals surface area contributed by atoms with Crippen molar-refractivity contribution in [2.24, 2.45) is 0 Å². The molecule has 1 saturated carbocycles. The molecule has 1 N–H and O–H groups in total. The third-order valence-electron chi connectivity index (χ3n) is 3.92. The number of ether oxygens (including phenoxy) is 1. The summed E-state index contributed by atoms with van der Waals surface area (Å²) in [6, 6.07) is 3.13. The molecule has 104 valence electrons. The zero-order chi connectivity index (χ0) is 13.2. The number of hydrogen-bond acceptors (Lipinski definition) is 5. The maximum absolute atomic E-state index is 11.3. The summed E-state index contributed by atoms with van der Waals surface area (Å²) in [4.78, 5) is 13.9. The maximum atomic E-state index is 11.3. The van der Waals surface area contributed by atoms with Gasteiger partial charge in [0.2, 0.25) is 0 Å². The number of likely N-dealkylation sites (tertiary alicyclic amines) is 1. The monoisotopic (exact) mass is 264 g/mol. The van der Waals surface area contributed by atoms with E-state index < -0.39 is 0 Å². The number of rotatable bonds is 5. The van der Waals surface area contributed by atoms with Crippen LogP contribution in [0.15, 0.2) is 16.7 Å². The summed E-state index contributed by atoms with van der Waals surface area (Å²) < 4.78 is 10.0. The van der Waals surface area contributed by atoms with Crippen LogP contribution in [0.3, 0.4) is 0 Å². The zero-order valence-electron chi connectivity index (χ0n) is 11.2. The molecule has 2 fully saturated rings. The van der Waals surface area contributed by atoms with E-state index in [9.17, 15) is 4.79 Å². The van der Waals surface area contributed by atoms with Gasteiger partial charge in [-0.2, -0.15) is 0 Å². The molecule has 5 heteroatoms. The number of esters is 1. The van der Waals surface area contributed by atoms with Gasteiger partial charge >= 0.3 is 5.97 Å². The van der Waals surface area contributed by atoms with E-state index in [-0.39, 0.29) is 5.97 Å². The van der Waals surface area contributed by atoms with Crippen molar-refractivity contribution in [3.63, 3.8) is 0 Å². The first-order valence-electron chi connectivity index (χ1n) is 6.89. The molecule has 1 aromatic rings. The minimum absolute atomic E-state index is 0.351. The summed E-state index contributed by atoms with van der Waals surface area (Å²) in [5.41, 5.74) is 0.477. The maximum Gasteiger partial charge on any atom is 0.341 e. The average Bonchev–Trinajstić information content (AvgIpc) is 3.00. The number of hydrogen-bond donors (Lipinski definition) is 1. The Morgan fingerprint density at radius 3 is 3.11 bits per heavy atom. The topological polar surface area (TPSA) is 54.7 Å². The molecule has 0 bridgehead atoms. The lowest BCUT2D eigenvalue weighted by Crippen LogP contribution is -2.32. The first-order valence-corrected chi connectivity index (χ1v) is 6.89. The van der Waals surface area contributed by atoms with Crippen molar-refractivity contribution in [3.8, 4) is 0 Å². The molecule has 1 atom stereocenters. The molecule has 2 aliphatic rings. The van der Waals surface area contributed by atoms with Crippen LogP contribution in [-0.4, -0.2) is 43.2 Å². The minimum atomic E-state index is -0.351. The van der Waals surface area contributed by atoms with Crippen molar-refractivity contribution in [1.29, 1.82) is 0 Å². The molecule has 1 unspecified atom stereocenters. The molecular weight excluding hydrogens is 244 g/mol. The summed E-state index contributed by atoms with van der Waals surface area (Å²) in [6.07, 6.45) is 5.38. The Kier molecular flexibility index (Phi) is 3.57. The Hall–Kier alpha value is -1.33. The van der Waals surface area contributed by atoms with E-state index in [1.165, 1.54) is 39.2 Å². The normalized spacial score (nSPS) is 23.7.